The van der Waals surface area contributed by atoms with Crippen LogP contribution in [0.25, 0.3) is 0 Å². The van der Waals surface area contributed by atoms with E-state index in [0.717, 1.165) is 29.8 Å². The van der Waals surface area contributed by atoms with Crippen LogP contribution in [0.3, 0.4) is 0 Å². The molecule has 0 spiro atoms. The minimum absolute atomic E-state index is 0.176. The molecule has 4 rings (SSSR count). The van der Waals surface area contributed by atoms with Crippen LogP contribution in [0.2, 0.25) is 12.0 Å². The van der Waals surface area contributed by atoms with Gasteiger partial charge in [0.2, 0.25) is 11.9 Å². The average molecular weight is 647 g/mol. The summed E-state index contributed by atoms with van der Waals surface area (Å²) in [5.41, 5.74) is 5.08. The fraction of sp³-hybridized carbons (Fsp3) is 0.290. The van der Waals surface area contributed by atoms with Gasteiger partial charge < -0.3 is 25.8 Å². The van der Waals surface area contributed by atoms with Gasteiger partial charge in [-0.2, -0.15) is 4.98 Å². The fourth-order valence-electron chi connectivity index (χ4n) is 3.83. The van der Waals surface area contributed by atoms with E-state index in [1.54, 1.807) is 19.8 Å². The zero-order valence-electron chi connectivity index (χ0n) is 26.8. The van der Waals surface area contributed by atoms with E-state index >= 15 is 0 Å². The number of benzene rings is 2. The molecule has 0 aliphatic heterocycles. The number of aryl methyl sites for hydroxylation is 4. The molecule has 0 bridgehead atoms. The Bertz CT molecular complexity index is 1570. The lowest BCUT2D eigenvalue weighted by molar-refractivity contribution is 0.261. The van der Waals surface area contributed by atoms with Crippen LogP contribution in [0.5, 0.6) is 0 Å². The molecule has 2 aromatic carbocycles. The Hall–Kier alpha value is -4.79. The second-order valence-electron chi connectivity index (χ2n) is 10.7. The Morgan fingerprint density at radius 2 is 1.24 bits per heavy atom. The molecule has 15 heteroatoms. The molecular formula is C31H40BClN10O3. The van der Waals surface area contributed by atoms with Crippen LogP contribution in [0.15, 0.2) is 60.7 Å². The van der Waals surface area contributed by atoms with Crippen molar-refractivity contribution in [3.63, 3.8) is 0 Å². The van der Waals surface area contributed by atoms with Gasteiger partial charge in [0.1, 0.15) is 11.0 Å². The van der Waals surface area contributed by atoms with E-state index in [0.29, 0.717) is 29.4 Å². The van der Waals surface area contributed by atoms with Gasteiger partial charge in [-0.25, -0.2) is 24.5 Å². The molecule has 0 saturated carbocycles. The molecule has 2 aromatic heterocycles. The van der Waals surface area contributed by atoms with E-state index in [4.69, 9.17) is 11.6 Å². The summed E-state index contributed by atoms with van der Waals surface area (Å²) in [5.74, 6) is 1.06. The monoisotopic (exact) mass is 646 g/mol. The third-order valence-electron chi connectivity index (χ3n) is 6.38. The molecule has 4 aromatic rings. The maximum atomic E-state index is 12.1. The Labute approximate surface area is 274 Å². The van der Waals surface area contributed by atoms with Gasteiger partial charge in [0.25, 0.3) is 0 Å². The molecule has 4 amide bonds. The Morgan fingerprint density at radius 3 is 1.72 bits per heavy atom. The van der Waals surface area contributed by atoms with E-state index in [9.17, 15) is 14.6 Å². The summed E-state index contributed by atoms with van der Waals surface area (Å²) in [4.78, 5) is 42.3. The normalized spacial score (nSPS) is 10.4. The molecule has 0 unspecified atom stereocenters. The Morgan fingerprint density at radius 1 is 0.761 bits per heavy atom. The standard InChI is InChI=1S/C18H27BN6O2.C13H13ClN4O/c1-13-6-8-15(9-7-13)22-18(26)24-17-21-14(2)12-16(23-17)20-10-5-11-25(4)19(3)27;1-8-3-5-10(6-4-8)16-13(19)18-12-15-9(2)7-11(14)17-12/h6-9,12,27H,5,10-11H2,1-4H3,(H3,20,21,22,23,24,26);3-7H,1-2H3,(H2,15,16,17,18,19). The Balaban J connectivity index is 0.000000266. The third-order valence-corrected chi connectivity index (χ3v) is 6.57. The second kappa shape index (κ2) is 17.6. The van der Waals surface area contributed by atoms with Gasteiger partial charge in [0, 0.05) is 35.4 Å². The van der Waals surface area contributed by atoms with Crippen LogP contribution in [-0.2, 0) is 0 Å². The fourth-order valence-corrected chi connectivity index (χ4v) is 4.07. The second-order valence-corrected chi connectivity index (χ2v) is 11.0. The molecule has 0 aliphatic rings. The van der Waals surface area contributed by atoms with Crippen LogP contribution in [0, 0.1) is 27.7 Å². The first kappa shape index (κ1) is 35.7. The smallest absolute Gasteiger partial charge is 0.376 e. The molecule has 242 valence electrons. The summed E-state index contributed by atoms with van der Waals surface area (Å²) in [6, 6.07) is 17.6. The number of rotatable bonds is 10. The van der Waals surface area contributed by atoms with Gasteiger partial charge in [-0.3, -0.25) is 10.6 Å². The predicted octanol–water partition coefficient (Wildman–Crippen LogP) is 5.97. The highest BCUT2D eigenvalue weighted by atomic mass is 35.5. The zero-order chi connectivity index (χ0) is 33.6. The van der Waals surface area contributed by atoms with Crippen molar-refractivity contribution in [1.82, 2.24) is 24.7 Å². The number of nitrogens with zero attached hydrogens (tertiary/aromatic N) is 5. The quantitative estimate of drug-likeness (QED) is 0.0690. The highest BCUT2D eigenvalue weighted by Crippen LogP contribution is 2.13. The summed E-state index contributed by atoms with van der Waals surface area (Å²) in [6.07, 6.45) is 0.848. The highest BCUT2D eigenvalue weighted by molar-refractivity contribution is 6.45. The number of amides is 4. The summed E-state index contributed by atoms with van der Waals surface area (Å²) in [7, 11) is 1.41. The minimum atomic E-state index is -0.464. The highest BCUT2D eigenvalue weighted by Gasteiger charge is 2.11. The molecule has 0 atom stereocenters. The lowest BCUT2D eigenvalue weighted by atomic mass is 9.86. The molecule has 0 aliphatic carbocycles. The summed E-state index contributed by atoms with van der Waals surface area (Å²) in [6.45, 7) is 10.8. The summed E-state index contributed by atoms with van der Waals surface area (Å²) >= 11 is 5.79. The van der Waals surface area contributed by atoms with Crippen molar-refractivity contribution < 1.29 is 14.6 Å². The predicted molar refractivity (Wildman–Crippen MR) is 186 cm³/mol. The average Bonchev–Trinajstić information content (AvgIpc) is 2.97. The van der Waals surface area contributed by atoms with Crippen LogP contribution in [0.1, 0.15) is 28.9 Å². The lowest BCUT2D eigenvalue weighted by Crippen LogP contribution is -2.34. The first-order valence-corrected chi connectivity index (χ1v) is 15.0. The van der Waals surface area contributed by atoms with Gasteiger partial charge in [0.05, 0.1) is 0 Å². The van der Waals surface area contributed by atoms with E-state index in [2.05, 4.69) is 46.5 Å². The van der Waals surface area contributed by atoms with Crippen LogP contribution >= 0.6 is 11.6 Å². The van der Waals surface area contributed by atoms with Crippen LogP contribution in [0.4, 0.5) is 38.7 Å². The Kier molecular flexibility index (Phi) is 13.7. The van der Waals surface area contributed by atoms with Gasteiger partial charge in [-0.05, 0) is 84.9 Å². The number of carbonyl (C=O) groups is 2. The first-order valence-electron chi connectivity index (χ1n) is 14.6. The summed E-state index contributed by atoms with van der Waals surface area (Å²) < 4.78 is 0. The largest absolute Gasteiger partial charge is 0.437 e. The maximum Gasteiger partial charge on any atom is 0.376 e. The molecule has 6 N–H and O–H groups in total. The lowest BCUT2D eigenvalue weighted by Gasteiger charge is -2.17. The minimum Gasteiger partial charge on any atom is -0.437 e. The molecule has 2 heterocycles. The van der Waals surface area contributed by atoms with Gasteiger partial charge in [0.15, 0.2) is 0 Å². The van der Waals surface area contributed by atoms with Crippen LogP contribution in [-0.4, -0.2) is 69.0 Å². The zero-order valence-corrected chi connectivity index (χ0v) is 27.6. The first-order chi connectivity index (χ1) is 21.9. The molecule has 46 heavy (non-hydrogen) atoms. The van der Waals surface area contributed by atoms with E-state index in [1.165, 1.54) is 0 Å². The third kappa shape index (κ3) is 13.1. The van der Waals surface area contributed by atoms with Gasteiger partial charge >= 0.3 is 19.1 Å². The van der Waals surface area contributed by atoms with Crippen molar-refractivity contribution in [3.8, 4) is 0 Å². The number of nitrogens with one attached hydrogen (secondary N) is 5. The number of anilines is 5. The molecular weight excluding hydrogens is 607 g/mol. The number of halogens is 1. The van der Waals surface area contributed by atoms with Crippen molar-refractivity contribution in [3.05, 3.63) is 88.3 Å². The molecule has 0 radical (unpaired) electrons. The number of carbonyl (C=O) groups excluding carboxylic acids is 2. The topological polar surface area (TPSA) is 169 Å². The molecule has 0 fully saturated rings. The number of aromatic nitrogens is 4. The number of hydrogen-bond acceptors (Lipinski definition) is 9. The molecule has 0 saturated heterocycles. The van der Waals surface area contributed by atoms with E-state index in [1.807, 2.05) is 87.2 Å². The van der Waals surface area contributed by atoms with E-state index in [-0.39, 0.29) is 17.0 Å². The number of hydrogen-bond donors (Lipinski definition) is 6. The molecule has 13 nitrogen and oxygen atoms in total. The van der Waals surface area contributed by atoms with Crippen molar-refractivity contribution in [2.45, 2.75) is 40.9 Å². The SMILES string of the molecule is CB(O)N(C)CCCNc1cc(C)nc(NC(=O)Nc2ccc(C)cc2)n1.Cc1ccc(NC(=O)Nc2nc(C)cc(Cl)n2)cc1. The van der Waals surface area contributed by atoms with Crippen molar-refractivity contribution >= 4 is 59.8 Å². The number of urea groups is 2. The maximum absolute atomic E-state index is 12.1. The summed E-state index contributed by atoms with van der Waals surface area (Å²) in [5, 5.41) is 23.6. The van der Waals surface area contributed by atoms with Crippen molar-refractivity contribution in [2.75, 3.05) is 46.7 Å². The van der Waals surface area contributed by atoms with E-state index < -0.39 is 19.1 Å². The van der Waals surface area contributed by atoms with Crippen molar-refractivity contribution in [1.29, 1.82) is 0 Å². The van der Waals surface area contributed by atoms with Gasteiger partial charge in [-0.15, -0.1) is 0 Å². The van der Waals surface area contributed by atoms with Crippen molar-refractivity contribution in [2.24, 2.45) is 0 Å². The van der Waals surface area contributed by atoms with Crippen LogP contribution < -0.4 is 26.6 Å². The van der Waals surface area contributed by atoms with Gasteiger partial charge in [-0.1, -0.05) is 47.0 Å².